The first kappa shape index (κ1) is 24.1. The Bertz CT molecular complexity index is 1070. The first-order valence-electron chi connectivity index (χ1n) is 11.3. The number of piperazine rings is 1. The maximum absolute atomic E-state index is 12.3. The number of hydrogen-bond donors (Lipinski definition) is 1. The number of nitrogens with one attached hydrogen (secondary N) is 1. The molecule has 1 aliphatic rings. The normalized spacial score (nSPS) is 15.0. The summed E-state index contributed by atoms with van der Waals surface area (Å²) in [6, 6.07) is 14.0. The SMILES string of the molecule is Cc1ccc(N2CCN(CCNCc3cc(-c4ccc(OC(F)(F)F)cc4)no3)CC2)c(C)c1. The van der Waals surface area contributed by atoms with Gasteiger partial charge in [-0.2, -0.15) is 0 Å². The highest BCUT2D eigenvalue weighted by molar-refractivity contribution is 5.59. The van der Waals surface area contributed by atoms with Crippen LogP contribution in [-0.2, 0) is 6.54 Å². The average molecular weight is 475 g/mol. The van der Waals surface area contributed by atoms with Gasteiger partial charge >= 0.3 is 6.36 Å². The van der Waals surface area contributed by atoms with E-state index < -0.39 is 6.36 Å². The van der Waals surface area contributed by atoms with Crippen LogP contribution >= 0.6 is 0 Å². The van der Waals surface area contributed by atoms with Crippen LogP contribution in [-0.4, -0.2) is 55.7 Å². The zero-order valence-electron chi connectivity index (χ0n) is 19.4. The molecule has 0 radical (unpaired) electrons. The van der Waals surface area contributed by atoms with Crippen LogP contribution in [0.25, 0.3) is 11.3 Å². The van der Waals surface area contributed by atoms with Crippen molar-refractivity contribution in [1.82, 2.24) is 15.4 Å². The molecule has 1 fully saturated rings. The van der Waals surface area contributed by atoms with Gasteiger partial charge in [0.1, 0.15) is 11.4 Å². The number of hydrogen-bond acceptors (Lipinski definition) is 6. The van der Waals surface area contributed by atoms with Gasteiger partial charge in [0.2, 0.25) is 0 Å². The van der Waals surface area contributed by atoms with Crippen LogP contribution in [0.2, 0.25) is 0 Å². The summed E-state index contributed by atoms with van der Waals surface area (Å²) in [5.41, 5.74) is 5.17. The van der Waals surface area contributed by atoms with Crippen molar-refractivity contribution in [3.8, 4) is 17.0 Å². The summed E-state index contributed by atoms with van der Waals surface area (Å²) in [6.07, 6.45) is -4.71. The van der Waals surface area contributed by atoms with E-state index in [0.29, 0.717) is 23.6 Å². The predicted octanol–water partition coefficient (Wildman–Crippen LogP) is 4.77. The molecule has 6 nitrogen and oxygen atoms in total. The molecule has 182 valence electrons. The van der Waals surface area contributed by atoms with E-state index in [1.165, 1.54) is 41.1 Å². The Morgan fingerprint density at radius 1 is 1.00 bits per heavy atom. The number of rotatable bonds is 8. The average Bonchev–Trinajstić information content (AvgIpc) is 3.26. The smallest absolute Gasteiger partial charge is 0.406 e. The predicted molar refractivity (Wildman–Crippen MR) is 125 cm³/mol. The highest BCUT2D eigenvalue weighted by atomic mass is 19.4. The molecule has 2 aromatic carbocycles. The van der Waals surface area contributed by atoms with Crippen LogP contribution in [0.15, 0.2) is 53.1 Å². The molecular formula is C25H29F3N4O2. The molecule has 1 aromatic heterocycles. The molecule has 4 rings (SSSR count). The zero-order chi connectivity index (χ0) is 24.1. The van der Waals surface area contributed by atoms with E-state index in [9.17, 15) is 13.2 Å². The lowest BCUT2D eigenvalue weighted by atomic mass is 10.1. The Morgan fingerprint density at radius 2 is 1.74 bits per heavy atom. The van der Waals surface area contributed by atoms with Gasteiger partial charge < -0.3 is 19.5 Å². The van der Waals surface area contributed by atoms with Gasteiger partial charge in [-0.25, -0.2) is 0 Å². The third-order valence-electron chi connectivity index (χ3n) is 5.91. The third kappa shape index (κ3) is 6.51. The minimum Gasteiger partial charge on any atom is -0.406 e. The molecule has 2 heterocycles. The lowest BCUT2D eigenvalue weighted by Crippen LogP contribution is -2.48. The fourth-order valence-corrected chi connectivity index (χ4v) is 4.18. The maximum Gasteiger partial charge on any atom is 0.573 e. The monoisotopic (exact) mass is 474 g/mol. The number of aromatic nitrogens is 1. The maximum atomic E-state index is 12.3. The van der Waals surface area contributed by atoms with Crippen molar-refractivity contribution in [2.75, 3.05) is 44.2 Å². The molecule has 0 aliphatic carbocycles. The molecule has 0 spiro atoms. The molecule has 9 heteroatoms. The van der Waals surface area contributed by atoms with Gasteiger partial charge in [-0.05, 0) is 49.7 Å². The standard InChI is InChI=1S/C25H29F3N4O2/c1-18-3-8-24(19(2)15-18)32-13-11-31(12-14-32)10-9-29-17-22-16-23(30-34-22)20-4-6-21(7-5-20)33-25(26,27)28/h3-8,15-16,29H,9-14,17H2,1-2H3. The Balaban J connectivity index is 1.18. The molecule has 3 aromatic rings. The molecular weight excluding hydrogens is 445 g/mol. The van der Waals surface area contributed by atoms with Gasteiger partial charge in [-0.1, -0.05) is 22.9 Å². The molecule has 0 amide bonds. The number of halogens is 3. The molecule has 1 saturated heterocycles. The van der Waals surface area contributed by atoms with Crippen molar-refractivity contribution >= 4 is 5.69 Å². The summed E-state index contributed by atoms with van der Waals surface area (Å²) in [6.45, 7) is 10.7. The van der Waals surface area contributed by atoms with E-state index >= 15 is 0 Å². The van der Waals surface area contributed by atoms with E-state index in [-0.39, 0.29) is 5.75 Å². The van der Waals surface area contributed by atoms with Gasteiger partial charge in [0.15, 0.2) is 5.76 Å². The topological polar surface area (TPSA) is 53.8 Å². The third-order valence-corrected chi connectivity index (χ3v) is 5.91. The van der Waals surface area contributed by atoms with Crippen LogP contribution in [0.3, 0.4) is 0 Å². The minimum absolute atomic E-state index is 0.267. The van der Waals surface area contributed by atoms with Crippen LogP contribution in [0.4, 0.5) is 18.9 Å². The van der Waals surface area contributed by atoms with Gasteiger partial charge in [-0.3, -0.25) is 4.90 Å². The van der Waals surface area contributed by atoms with Gasteiger partial charge in [0, 0.05) is 56.6 Å². The van der Waals surface area contributed by atoms with Crippen LogP contribution in [0, 0.1) is 13.8 Å². The summed E-state index contributed by atoms with van der Waals surface area (Å²) in [5.74, 6) is 0.404. The van der Waals surface area contributed by atoms with E-state index in [1.807, 2.05) is 0 Å². The summed E-state index contributed by atoms with van der Waals surface area (Å²) < 4.78 is 46.1. The molecule has 1 N–H and O–H groups in total. The summed E-state index contributed by atoms with van der Waals surface area (Å²) in [4.78, 5) is 4.90. The van der Waals surface area contributed by atoms with Crippen molar-refractivity contribution in [3.63, 3.8) is 0 Å². The van der Waals surface area contributed by atoms with Crippen molar-refractivity contribution < 1.29 is 22.4 Å². The molecule has 1 aliphatic heterocycles. The van der Waals surface area contributed by atoms with Crippen molar-refractivity contribution in [2.24, 2.45) is 0 Å². The Kier molecular flexibility index (Phi) is 7.43. The Morgan fingerprint density at radius 3 is 2.41 bits per heavy atom. The number of nitrogens with zero attached hydrogens (tertiary/aromatic N) is 3. The lowest BCUT2D eigenvalue weighted by Gasteiger charge is -2.37. The van der Waals surface area contributed by atoms with Crippen LogP contribution in [0.1, 0.15) is 16.9 Å². The molecule has 0 saturated carbocycles. The Labute approximate surface area is 197 Å². The van der Waals surface area contributed by atoms with Gasteiger partial charge in [0.05, 0.1) is 6.54 Å². The Hall–Kier alpha value is -3.04. The van der Waals surface area contributed by atoms with E-state index in [0.717, 1.165) is 39.3 Å². The van der Waals surface area contributed by atoms with Crippen LogP contribution in [0.5, 0.6) is 5.75 Å². The zero-order valence-corrected chi connectivity index (χ0v) is 19.4. The van der Waals surface area contributed by atoms with Gasteiger partial charge in [0.25, 0.3) is 0 Å². The summed E-state index contributed by atoms with van der Waals surface area (Å²) in [5, 5.41) is 7.39. The summed E-state index contributed by atoms with van der Waals surface area (Å²) in [7, 11) is 0. The lowest BCUT2D eigenvalue weighted by molar-refractivity contribution is -0.274. The number of anilines is 1. The molecule has 0 bridgehead atoms. The fraction of sp³-hybridized carbons (Fsp3) is 0.400. The number of aryl methyl sites for hydroxylation is 2. The number of alkyl halides is 3. The van der Waals surface area contributed by atoms with Gasteiger partial charge in [-0.15, -0.1) is 13.2 Å². The second-order valence-corrected chi connectivity index (χ2v) is 8.55. The highest BCUT2D eigenvalue weighted by Crippen LogP contribution is 2.26. The minimum atomic E-state index is -4.71. The molecule has 0 atom stereocenters. The quantitative estimate of drug-likeness (QED) is 0.475. The summed E-state index contributed by atoms with van der Waals surface area (Å²) >= 11 is 0. The van der Waals surface area contributed by atoms with E-state index in [2.05, 4.69) is 57.1 Å². The van der Waals surface area contributed by atoms with Crippen molar-refractivity contribution in [1.29, 1.82) is 0 Å². The number of ether oxygens (including phenoxy) is 1. The first-order valence-corrected chi connectivity index (χ1v) is 11.3. The van der Waals surface area contributed by atoms with Crippen molar-refractivity contribution in [2.45, 2.75) is 26.8 Å². The highest BCUT2D eigenvalue weighted by Gasteiger charge is 2.31. The largest absolute Gasteiger partial charge is 0.573 e. The molecule has 34 heavy (non-hydrogen) atoms. The first-order chi connectivity index (χ1) is 16.3. The fourth-order valence-electron chi connectivity index (χ4n) is 4.18. The van der Waals surface area contributed by atoms with Crippen molar-refractivity contribution in [3.05, 3.63) is 65.4 Å². The van der Waals surface area contributed by atoms with E-state index in [4.69, 9.17) is 4.52 Å². The second kappa shape index (κ2) is 10.5. The van der Waals surface area contributed by atoms with E-state index in [1.54, 1.807) is 6.07 Å². The second-order valence-electron chi connectivity index (χ2n) is 8.55. The molecule has 0 unspecified atom stereocenters. The number of benzene rings is 2. The van der Waals surface area contributed by atoms with Crippen LogP contribution < -0.4 is 15.0 Å².